The van der Waals surface area contributed by atoms with Crippen LogP contribution in [-0.2, 0) is 22.4 Å². The van der Waals surface area contributed by atoms with E-state index in [1.807, 2.05) is 22.4 Å². The molecule has 1 aliphatic heterocycles. The summed E-state index contributed by atoms with van der Waals surface area (Å²) in [6, 6.07) is 10.6. The number of thiophene rings is 1. The van der Waals surface area contributed by atoms with Gasteiger partial charge in [0.1, 0.15) is 5.82 Å². The van der Waals surface area contributed by atoms with E-state index in [9.17, 15) is 14.0 Å². The molecule has 3 rings (SSSR count). The summed E-state index contributed by atoms with van der Waals surface area (Å²) < 4.78 is 13.6. The lowest BCUT2D eigenvalue weighted by atomic mass is 10.1. The van der Waals surface area contributed by atoms with Gasteiger partial charge in [0.25, 0.3) is 0 Å². The predicted molar refractivity (Wildman–Crippen MR) is 101 cm³/mol. The van der Waals surface area contributed by atoms with Gasteiger partial charge < -0.3 is 9.80 Å². The van der Waals surface area contributed by atoms with Crippen LogP contribution < -0.4 is 0 Å². The number of amides is 2. The summed E-state index contributed by atoms with van der Waals surface area (Å²) in [5.41, 5.74) is 0.572. The maximum atomic E-state index is 13.6. The topological polar surface area (TPSA) is 40.6 Å². The lowest BCUT2D eigenvalue weighted by Gasteiger charge is -2.35. The number of hydrogen-bond donors (Lipinski definition) is 0. The fraction of sp³-hybridized carbons (Fsp3) is 0.400. The molecule has 0 aliphatic carbocycles. The van der Waals surface area contributed by atoms with Crippen LogP contribution in [0, 0.1) is 5.82 Å². The zero-order valence-electron chi connectivity index (χ0n) is 14.7. The fourth-order valence-electron chi connectivity index (χ4n) is 3.15. The largest absolute Gasteiger partial charge is 0.339 e. The van der Waals surface area contributed by atoms with Gasteiger partial charge in [0.15, 0.2) is 0 Å². The summed E-state index contributed by atoms with van der Waals surface area (Å²) in [5.74, 6) is -0.0859. The Bertz CT molecular complexity index is 740. The van der Waals surface area contributed by atoms with Crippen molar-refractivity contribution in [1.82, 2.24) is 9.80 Å². The number of carbonyl (C=O) groups excluding carboxylic acids is 2. The summed E-state index contributed by atoms with van der Waals surface area (Å²) in [6.45, 7) is 2.27. The van der Waals surface area contributed by atoms with Crippen molar-refractivity contribution in [2.75, 3.05) is 26.2 Å². The van der Waals surface area contributed by atoms with Crippen molar-refractivity contribution >= 4 is 23.2 Å². The second kappa shape index (κ2) is 8.94. The average molecular weight is 374 g/mol. The van der Waals surface area contributed by atoms with E-state index in [2.05, 4.69) is 0 Å². The number of piperazine rings is 1. The maximum Gasteiger partial charge on any atom is 0.223 e. The van der Waals surface area contributed by atoms with E-state index in [0.29, 0.717) is 51.0 Å². The summed E-state index contributed by atoms with van der Waals surface area (Å²) in [4.78, 5) is 29.5. The van der Waals surface area contributed by atoms with Gasteiger partial charge in [-0.15, -0.1) is 11.3 Å². The average Bonchev–Trinajstić information content (AvgIpc) is 3.19. The van der Waals surface area contributed by atoms with Gasteiger partial charge >= 0.3 is 0 Å². The van der Waals surface area contributed by atoms with Crippen LogP contribution in [-0.4, -0.2) is 47.8 Å². The summed E-state index contributed by atoms with van der Waals surface area (Å²) in [7, 11) is 0. The van der Waals surface area contributed by atoms with Crippen LogP contribution >= 0.6 is 11.3 Å². The van der Waals surface area contributed by atoms with E-state index in [0.717, 1.165) is 6.42 Å². The van der Waals surface area contributed by atoms with Gasteiger partial charge in [-0.2, -0.15) is 0 Å². The highest BCUT2D eigenvalue weighted by molar-refractivity contribution is 7.09. The van der Waals surface area contributed by atoms with Gasteiger partial charge in [0.2, 0.25) is 11.8 Å². The van der Waals surface area contributed by atoms with Crippen LogP contribution in [0.1, 0.15) is 23.3 Å². The number of hydrogen-bond acceptors (Lipinski definition) is 3. The Balaban J connectivity index is 1.40. The van der Waals surface area contributed by atoms with Crippen LogP contribution in [0.5, 0.6) is 0 Å². The lowest BCUT2D eigenvalue weighted by molar-refractivity contribution is -0.139. The molecule has 2 aromatic rings. The molecule has 0 unspecified atom stereocenters. The number of nitrogens with zero attached hydrogens (tertiary/aromatic N) is 2. The standard InChI is InChI=1S/C20H23FN2O2S/c21-18-6-2-1-4-16(18)7-9-19(24)22-11-13-23(14-12-22)20(25)10-8-17-5-3-15-26-17/h1-6,15H,7-14H2. The zero-order valence-corrected chi connectivity index (χ0v) is 15.5. The highest BCUT2D eigenvalue weighted by Gasteiger charge is 2.23. The maximum absolute atomic E-state index is 13.6. The SMILES string of the molecule is O=C(CCc1cccs1)N1CCN(C(=O)CCc2ccccc2F)CC1. The Kier molecular flexibility index (Phi) is 6.39. The first kappa shape index (κ1) is 18.6. The molecule has 1 aromatic heterocycles. The number of halogens is 1. The Morgan fingerprint density at radius 2 is 1.50 bits per heavy atom. The third-order valence-corrected chi connectivity index (χ3v) is 5.65. The number of aryl methyl sites for hydroxylation is 2. The van der Waals surface area contributed by atoms with Crippen molar-refractivity contribution in [3.8, 4) is 0 Å². The van der Waals surface area contributed by atoms with Crippen LogP contribution in [0.3, 0.4) is 0 Å². The number of rotatable bonds is 6. The molecule has 0 N–H and O–H groups in total. The Morgan fingerprint density at radius 3 is 2.08 bits per heavy atom. The molecule has 0 saturated carbocycles. The Labute approximate surface area is 157 Å². The van der Waals surface area contributed by atoms with Gasteiger partial charge in [-0.3, -0.25) is 9.59 Å². The molecule has 1 saturated heterocycles. The van der Waals surface area contributed by atoms with Crippen LogP contribution in [0.25, 0.3) is 0 Å². The van der Waals surface area contributed by atoms with Gasteiger partial charge in [-0.25, -0.2) is 4.39 Å². The molecule has 1 aliphatic rings. The quantitative estimate of drug-likeness (QED) is 0.779. The first-order valence-electron chi connectivity index (χ1n) is 8.95. The molecule has 6 heteroatoms. The second-order valence-corrected chi connectivity index (χ2v) is 7.46. The molecule has 0 radical (unpaired) electrons. The van der Waals surface area contributed by atoms with E-state index >= 15 is 0 Å². The molecule has 26 heavy (non-hydrogen) atoms. The lowest BCUT2D eigenvalue weighted by Crippen LogP contribution is -2.50. The van der Waals surface area contributed by atoms with Crippen molar-refractivity contribution in [3.63, 3.8) is 0 Å². The van der Waals surface area contributed by atoms with Crippen LogP contribution in [0.15, 0.2) is 41.8 Å². The molecule has 1 aromatic carbocycles. The van der Waals surface area contributed by atoms with Gasteiger partial charge in [-0.05, 0) is 35.9 Å². The molecule has 138 valence electrons. The van der Waals surface area contributed by atoms with Crippen molar-refractivity contribution in [3.05, 3.63) is 58.0 Å². The van der Waals surface area contributed by atoms with Crippen molar-refractivity contribution < 1.29 is 14.0 Å². The van der Waals surface area contributed by atoms with Crippen molar-refractivity contribution in [1.29, 1.82) is 0 Å². The third kappa shape index (κ3) is 4.91. The monoisotopic (exact) mass is 374 g/mol. The predicted octanol–water partition coefficient (Wildman–Crippen LogP) is 3.12. The number of carbonyl (C=O) groups is 2. The molecule has 0 atom stereocenters. The van der Waals surface area contributed by atoms with Crippen molar-refractivity contribution in [2.45, 2.75) is 25.7 Å². The minimum absolute atomic E-state index is 0.0268. The highest BCUT2D eigenvalue weighted by atomic mass is 32.1. The fourth-order valence-corrected chi connectivity index (χ4v) is 3.86. The Hall–Kier alpha value is -2.21. The summed E-state index contributed by atoms with van der Waals surface area (Å²) in [5, 5.41) is 2.02. The van der Waals surface area contributed by atoms with E-state index in [1.54, 1.807) is 34.4 Å². The van der Waals surface area contributed by atoms with Crippen molar-refractivity contribution in [2.24, 2.45) is 0 Å². The minimum Gasteiger partial charge on any atom is -0.339 e. The highest BCUT2D eigenvalue weighted by Crippen LogP contribution is 2.14. The second-order valence-electron chi connectivity index (χ2n) is 6.43. The first-order valence-corrected chi connectivity index (χ1v) is 9.83. The van der Waals surface area contributed by atoms with E-state index in [1.165, 1.54) is 10.9 Å². The summed E-state index contributed by atoms with van der Waals surface area (Å²) >= 11 is 1.67. The molecular formula is C20H23FN2O2S. The van der Waals surface area contributed by atoms with E-state index in [4.69, 9.17) is 0 Å². The number of benzene rings is 1. The van der Waals surface area contributed by atoms with Crippen LogP contribution in [0.4, 0.5) is 4.39 Å². The van der Waals surface area contributed by atoms with Gasteiger partial charge in [0.05, 0.1) is 0 Å². The van der Waals surface area contributed by atoms with Crippen LogP contribution in [0.2, 0.25) is 0 Å². The van der Waals surface area contributed by atoms with E-state index in [-0.39, 0.29) is 17.6 Å². The van der Waals surface area contributed by atoms with E-state index < -0.39 is 0 Å². The van der Waals surface area contributed by atoms with Gasteiger partial charge in [0, 0.05) is 43.9 Å². The molecule has 0 spiro atoms. The minimum atomic E-state index is -0.263. The molecule has 2 amide bonds. The molecule has 2 heterocycles. The normalized spacial score (nSPS) is 14.5. The smallest absolute Gasteiger partial charge is 0.223 e. The van der Waals surface area contributed by atoms with Gasteiger partial charge in [-0.1, -0.05) is 24.3 Å². The summed E-state index contributed by atoms with van der Waals surface area (Å²) in [6.07, 6.45) is 2.00. The molecular weight excluding hydrogens is 351 g/mol. The first-order chi connectivity index (χ1) is 12.6. The Morgan fingerprint density at radius 1 is 0.885 bits per heavy atom. The zero-order chi connectivity index (χ0) is 18.4. The molecule has 1 fully saturated rings. The third-order valence-electron chi connectivity index (χ3n) is 4.72. The molecule has 0 bridgehead atoms. The molecule has 4 nitrogen and oxygen atoms in total.